The number of aryl methyl sites for hydroxylation is 3. The molecule has 0 amide bonds. The third-order valence-electron chi connectivity index (χ3n) is 10.4. The van der Waals surface area contributed by atoms with Gasteiger partial charge in [-0.3, -0.25) is 0 Å². The molecule has 0 aliphatic heterocycles. The highest BCUT2D eigenvalue weighted by Gasteiger charge is 2.29. The molecule has 54 heavy (non-hydrogen) atoms. The number of hydrogen-bond donors (Lipinski definition) is 2. The van der Waals surface area contributed by atoms with Crippen molar-refractivity contribution < 1.29 is 38.7 Å². The molecule has 0 radical (unpaired) electrons. The van der Waals surface area contributed by atoms with Gasteiger partial charge >= 0.3 is 11.9 Å². The molecular formula is C46H60O8. The molecular weight excluding hydrogens is 680 g/mol. The summed E-state index contributed by atoms with van der Waals surface area (Å²) in [6.07, 6.45) is 9.15. The fraction of sp³-hybridized carbons (Fsp3) is 0.478. The van der Waals surface area contributed by atoms with Gasteiger partial charge in [0.1, 0.15) is 5.75 Å². The SMILES string of the molecule is C=C(C)C(=O)OCCCc1cc(-c2ccc(-c3ccc(C4CCCCC4)cc3)cc2C)cc(CCCOC(=O)C(=C)C)c1OCCC(CO)(CO)COC. The van der Waals surface area contributed by atoms with Gasteiger partial charge in [-0.2, -0.15) is 0 Å². The summed E-state index contributed by atoms with van der Waals surface area (Å²) in [6.45, 7) is 13.1. The molecule has 2 N–H and O–H groups in total. The fourth-order valence-corrected chi connectivity index (χ4v) is 7.17. The van der Waals surface area contributed by atoms with E-state index in [0.29, 0.717) is 54.9 Å². The van der Waals surface area contributed by atoms with Crippen LogP contribution in [0, 0.1) is 12.3 Å². The van der Waals surface area contributed by atoms with Gasteiger partial charge in [-0.1, -0.05) is 74.9 Å². The Labute approximate surface area is 322 Å². The number of carbonyl (C=O) groups is 2. The minimum Gasteiger partial charge on any atom is -0.493 e. The lowest BCUT2D eigenvalue weighted by atomic mass is 9.83. The second kappa shape index (κ2) is 21.0. The van der Waals surface area contributed by atoms with Gasteiger partial charge in [-0.15, -0.1) is 0 Å². The van der Waals surface area contributed by atoms with Crippen LogP contribution >= 0.6 is 0 Å². The van der Waals surface area contributed by atoms with E-state index in [1.54, 1.807) is 21.0 Å². The summed E-state index contributed by atoms with van der Waals surface area (Å²) in [5.41, 5.74) is 8.79. The standard InChI is InChI=1S/C46H60O8/c1-32(2)44(49)53-23-10-14-39-27-41(42-21-20-38(26-34(42)5)37-18-16-36(17-19-37)35-12-8-7-9-13-35)28-40(15-11-24-54-45(50)33(3)4)43(39)52-25-22-46(29-47,30-48)31-51-6/h16-21,26-28,35,47-48H,1,3,7-15,22-25,29-31H2,2,4-6H3. The summed E-state index contributed by atoms with van der Waals surface area (Å²) in [5, 5.41) is 20.2. The molecule has 1 fully saturated rings. The number of carbonyl (C=O) groups excluding carboxylic acids is 2. The zero-order valence-electron chi connectivity index (χ0n) is 32.8. The maximum atomic E-state index is 12.1. The lowest BCUT2D eigenvalue weighted by molar-refractivity contribution is -0.139. The Morgan fingerprint density at radius 2 is 1.31 bits per heavy atom. The van der Waals surface area contributed by atoms with Crippen molar-refractivity contribution in [3.8, 4) is 28.0 Å². The zero-order valence-corrected chi connectivity index (χ0v) is 32.8. The van der Waals surface area contributed by atoms with E-state index in [4.69, 9.17) is 18.9 Å². The maximum absolute atomic E-state index is 12.1. The monoisotopic (exact) mass is 740 g/mol. The predicted octanol–water partition coefficient (Wildman–Crippen LogP) is 8.87. The molecule has 8 heteroatoms. The van der Waals surface area contributed by atoms with Crippen molar-refractivity contribution in [2.24, 2.45) is 5.41 Å². The lowest BCUT2D eigenvalue weighted by Crippen LogP contribution is -2.36. The zero-order chi connectivity index (χ0) is 39.1. The Morgan fingerprint density at radius 3 is 1.81 bits per heavy atom. The Morgan fingerprint density at radius 1 is 0.759 bits per heavy atom. The smallest absolute Gasteiger partial charge is 0.333 e. The normalized spacial score (nSPS) is 13.4. The van der Waals surface area contributed by atoms with Crippen molar-refractivity contribution in [1.82, 2.24) is 0 Å². The van der Waals surface area contributed by atoms with Crippen molar-refractivity contribution in [3.63, 3.8) is 0 Å². The van der Waals surface area contributed by atoms with Crippen LogP contribution in [0.4, 0.5) is 0 Å². The van der Waals surface area contributed by atoms with E-state index in [1.165, 1.54) is 43.2 Å². The first-order valence-electron chi connectivity index (χ1n) is 19.4. The van der Waals surface area contributed by atoms with Gasteiger partial charge in [0.25, 0.3) is 0 Å². The predicted molar refractivity (Wildman–Crippen MR) is 215 cm³/mol. The Balaban J connectivity index is 1.67. The van der Waals surface area contributed by atoms with Gasteiger partial charge < -0.3 is 29.2 Å². The average Bonchev–Trinajstić information content (AvgIpc) is 3.18. The number of aliphatic hydroxyl groups is 2. The second-order valence-corrected chi connectivity index (χ2v) is 15.0. The molecule has 1 aliphatic rings. The van der Waals surface area contributed by atoms with Crippen molar-refractivity contribution in [3.05, 3.63) is 101 Å². The molecule has 0 spiro atoms. The van der Waals surface area contributed by atoms with Gasteiger partial charge in [-0.05, 0) is 128 Å². The highest BCUT2D eigenvalue weighted by atomic mass is 16.5. The summed E-state index contributed by atoms with van der Waals surface area (Å²) < 4.78 is 22.7. The minimum atomic E-state index is -0.850. The Kier molecular flexibility index (Phi) is 16.5. The van der Waals surface area contributed by atoms with Crippen molar-refractivity contribution in [1.29, 1.82) is 0 Å². The molecule has 0 aromatic heterocycles. The van der Waals surface area contributed by atoms with Crippen LogP contribution in [0.15, 0.2) is 78.9 Å². The quantitative estimate of drug-likeness (QED) is 0.0633. The van der Waals surface area contributed by atoms with Crippen LogP contribution in [0.25, 0.3) is 22.3 Å². The summed E-state index contributed by atoms with van der Waals surface area (Å²) in [7, 11) is 1.54. The number of methoxy groups -OCH3 is 1. The second-order valence-electron chi connectivity index (χ2n) is 15.0. The Bertz CT molecular complexity index is 1660. The van der Waals surface area contributed by atoms with Crippen LogP contribution in [-0.2, 0) is 36.6 Å². The third-order valence-corrected chi connectivity index (χ3v) is 10.4. The first-order valence-corrected chi connectivity index (χ1v) is 19.4. The summed E-state index contributed by atoms with van der Waals surface area (Å²) in [5.74, 6) is 0.519. The number of rotatable bonds is 21. The summed E-state index contributed by atoms with van der Waals surface area (Å²) in [6, 6.07) is 20.0. The van der Waals surface area contributed by atoms with Crippen LogP contribution in [0.5, 0.6) is 5.75 Å². The molecule has 3 aromatic rings. The highest BCUT2D eigenvalue weighted by molar-refractivity contribution is 5.87. The third kappa shape index (κ3) is 11.9. The number of ether oxygens (including phenoxy) is 4. The average molecular weight is 741 g/mol. The topological polar surface area (TPSA) is 112 Å². The van der Waals surface area contributed by atoms with E-state index in [2.05, 4.69) is 74.7 Å². The molecule has 0 unspecified atom stereocenters. The molecule has 8 nitrogen and oxygen atoms in total. The van der Waals surface area contributed by atoms with Gasteiger partial charge in [0, 0.05) is 23.7 Å². The molecule has 0 saturated heterocycles. The highest BCUT2D eigenvalue weighted by Crippen LogP contribution is 2.37. The van der Waals surface area contributed by atoms with Crippen LogP contribution in [-0.4, -0.2) is 68.9 Å². The molecule has 0 bridgehead atoms. The summed E-state index contributed by atoms with van der Waals surface area (Å²) >= 11 is 0. The van der Waals surface area contributed by atoms with Gasteiger partial charge in [0.05, 0.1) is 39.6 Å². The lowest BCUT2D eigenvalue weighted by Gasteiger charge is -2.29. The molecule has 292 valence electrons. The first-order chi connectivity index (χ1) is 26.0. The van der Waals surface area contributed by atoms with E-state index < -0.39 is 17.4 Å². The van der Waals surface area contributed by atoms with Crippen LogP contribution in [0.2, 0.25) is 0 Å². The minimum absolute atomic E-state index is 0.185. The van der Waals surface area contributed by atoms with E-state index in [0.717, 1.165) is 33.4 Å². The Hall–Kier alpha value is -4.24. The summed E-state index contributed by atoms with van der Waals surface area (Å²) in [4.78, 5) is 24.2. The van der Waals surface area contributed by atoms with E-state index >= 15 is 0 Å². The number of esters is 2. The van der Waals surface area contributed by atoms with Crippen molar-refractivity contribution >= 4 is 11.9 Å². The molecule has 0 atom stereocenters. The number of aliphatic hydroxyl groups excluding tert-OH is 2. The van der Waals surface area contributed by atoms with Crippen LogP contribution in [0.3, 0.4) is 0 Å². The van der Waals surface area contributed by atoms with Crippen LogP contribution < -0.4 is 4.74 Å². The van der Waals surface area contributed by atoms with E-state index in [1.807, 2.05) is 0 Å². The van der Waals surface area contributed by atoms with Gasteiger partial charge in [0.15, 0.2) is 0 Å². The van der Waals surface area contributed by atoms with Crippen molar-refractivity contribution in [2.45, 2.75) is 90.9 Å². The van der Waals surface area contributed by atoms with Gasteiger partial charge in [0.2, 0.25) is 0 Å². The first kappa shape index (κ1) is 42.5. The molecule has 0 heterocycles. The van der Waals surface area contributed by atoms with Crippen molar-refractivity contribution in [2.75, 3.05) is 46.8 Å². The molecule has 3 aromatic carbocycles. The largest absolute Gasteiger partial charge is 0.493 e. The maximum Gasteiger partial charge on any atom is 0.333 e. The van der Waals surface area contributed by atoms with Crippen LogP contribution in [0.1, 0.15) is 93.4 Å². The fourth-order valence-electron chi connectivity index (χ4n) is 7.17. The van der Waals surface area contributed by atoms with E-state index in [9.17, 15) is 19.8 Å². The molecule has 4 rings (SSSR count). The number of benzene rings is 3. The molecule has 1 saturated carbocycles. The van der Waals surface area contributed by atoms with Gasteiger partial charge in [-0.25, -0.2) is 9.59 Å². The van der Waals surface area contributed by atoms with E-state index in [-0.39, 0.29) is 39.6 Å². The number of hydrogen-bond acceptors (Lipinski definition) is 8. The molecule has 1 aliphatic carbocycles.